The fourth-order valence-electron chi connectivity index (χ4n) is 7.42. The van der Waals surface area contributed by atoms with Crippen LogP contribution in [0.4, 0.5) is 0 Å². The molecule has 0 bridgehead atoms. The van der Waals surface area contributed by atoms with E-state index in [1.165, 1.54) is 86.3 Å². The van der Waals surface area contributed by atoms with Crippen molar-refractivity contribution in [3.8, 4) is 22.5 Å². The van der Waals surface area contributed by atoms with Crippen LogP contribution in [0.25, 0.3) is 86.3 Å². The van der Waals surface area contributed by atoms with E-state index in [4.69, 9.17) is 0 Å². The third-order valence-electron chi connectivity index (χ3n) is 9.32. The number of hydrogen-bond donors (Lipinski definition) is 0. The average molecular weight is 591 g/mol. The van der Waals surface area contributed by atoms with Gasteiger partial charge in [0, 0.05) is 42.7 Å². The van der Waals surface area contributed by atoms with Crippen LogP contribution in [0.1, 0.15) is 0 Å². The van der Waals surface area contributed by atoms with Crippen molar-refractivity contribution >= 4 is 75.1 Å². The van der Waals surface area contributed by atoms with Crippen molar-refractivity contribution in [1.29, 1.82) is 0 Å². The summed E-state index contributed by atoms with van der Waals surface area (Å²) in [6.45, 7) is 0. The van der Waals surface area contributed by atoms with E-state index >= 15 is 0 Å². The van der Waals surface area contributed by atoms with Gasteiger partial charge in [-0.15, -0.1) is 11.3 Å². The summed E-state index contributed by atoms with van der Waals surface area (Å²) < 4.78 is 7.50. The van der Waals surface area contributed by atoms with Crippen molar-refractivity contribution in [3.05, 3.63) is 158 Å². The molecule has 2 nitrogen and oxygen atoms in total. The summed E-state index contributed by atoms with van der Waals surface area (Å²) in [5.74, 6) is 0. The standard InChI is InChI=1S/C42H26N2S/c1-2-12-28(13-3-1)43-35-19-7-4-14-30(35)34-26-27(24-25-37(34)43)29-17-10-21-38-41(29)33-16-5-8-20-36(33)44(38)39-22-11-18-32-31-15-6-9-23-40(31)45-42(32)39/h1-26H. The summed E-state index contributed by atoms with van der Waals surface area (Å²) in [5, 5.41) is 7.73. The second-order valence-corrected chi connectivity index (χ2v) is 12.8. The molecule has 7 aromatic carbocycles. The number of thiophene rings is 1. The average Bonchev–Trinajstić information content (AvgIpc) is 3.76. The maximum Gasteiger partial charge on any atom is 0.0640 e. The molecular weight excluding hydrogens is 565 g/mol. The predicted octanol–water partition coefficient (Wildman–Crippen LogP) is 11.9. The molecular formula is C42H26N2S. The van der Waals surface area contributed by atoms with Gasteiger partial charge in [0.1, 0.15) is 0 Å². The van der Waals surface area contributed by atoms with E-state index in [1.807, 2.05) is 11.3 Å². The molecule has 10 rings (SSSR count). The first-order valence-corrected chi connectivity index (χ1v) is 16.2. The number of nitrogens with zero attached hydrogens (tertiary/aromatic N) is 2. The molecule has 0 radical (unpaired) electrons. The summed E-state index contributed by atoms with van der Waals surface area (Å²) in [4.78, 5) is 0. The Bertz CT molecular complexity index is 2760. The number of hydrogen-bond acceptors (Lipinski definition) is 1. The Morgan fingerprint density at radius 3 is 1.91 bits per heavy atom. The number of para-hydroxylation sites is 3. The van der Waals surface area contributed by atoms with Crippen LogP contribution in [0.15, 0.2) is 158 Å². The minimum atomic E-state index is 1.18. The largest absolute Gasteiger partial charge is 0.309 e. The molecule has 0 aliphatic carbocycles. The zero-order valence-electron chi connectivity index (χ0n) is 24.3. The minimum Gasteiger partial charge on any atom is -0.309 e. The zero-order chi connectivity index (χ0) is 29.5. The summed E-state index contributed by atoms with van der Waals surface area (Å²) in [6.07, 6.45) is 0. The van der Waals surface area contributed by atoms with Gasteiger partial charge in [-0.2, -0.15) is 0 Å². The highest BCUT2D eigenvalue weighted by atomic mass is 32.1. The first kappa shape index (κ1) is 24.8. The highest BCUT2D eigenvalue weighted by Gasteiger charge is 2.20. The van der Waals surface area contributed by atoms with E-state index in [0.717, 1.165) is 0 Å². The molecule has 0 fully saturated rings. The van der Waals surface area contributed by atoms with Gasteiger partial charge in [0.2, 0.25) is 0 Å². The molecule has 0 saturated heterocycles. The summed E-state index contributed by atoms with van der Waals surface area (Å²) >= 11 is 1.88. The van der Waals surface area contributed by atoms with Gasteiger partial charge in [-0.05, 0) is 65.7 Å². The lowest BCUT2D eigenvalue weighted by Crippen LogP contribution is -1.94. The lowest BCUT2D eigenvalue weighted by molar-refractivity contribution is 1.18. The molecule has 3 aromatic heterocycles. The Morgan fingerprint density at radius 2 is 1.04 bits per heavy atom. The summed E-state index contributed by atoms with van der Waals surface area (Å²) in [5.41, 5.74) is 9.79. The summed E-state index contributed by atoms with van der Waals surface area (Å²) in [7, 11) is 0. The van der Waals surface area contributed by atoms with Crippen molar-refractivity contribution in [2.24, 2.45) is 0 Å². The third kappa shape index (κ3) is 3.50. The van der Waals surface area contributed by atoms with E-state index < -0.39 is 0 Å². The molecule has 0 unspecified atom stereocenters. The third-order valence-corrected chi connectivity index (χ3v) is 10.5. The number of aromatic nitrogens is 2. The quantitative estimate of drug-likeness (QED) is 0.194. The van der Waals surface area contributed by atoms with Gasteiger partial charge < -0.3 is 9.13 Å². The van der Waals surface area contributed by atoms with Gasteiger partial charge in [-0.3, -0.25) is 0 Å². The van der Waals surface area contributed by atoms with Crippen LogP contribution in [-0.4, -0.2) is 9.13 Å². The van der Waals surface area contributed by atoms with Crippen LogP contribution in [0.3, 0.4) is 0 Å². The van der Waals surface area contributed by atoms with E-state index in [-0.39, 0.29) is 0 Å². The smallest absolute Gasteiger partial charge is 0.0640 e. The molecule has 0 atom stereocenters. The molecule has 45 heavy (non-hydrogen) atoms. The molecule has 0 aliphatic heterocycles. The summed E-state index contributed by atoms with van der Waals surface area (Å²) in [6, 6.07) is 57.6. The number of fused-ring (bicyclic) bond motifs is 9. The monoisotopic (exact) mass is 590 g/mol. The maximum atomic E-state index is 2.48. The first-order valence-electron chi connectivity index (χ1n) is 15.4. The first-order chi connectivity index (χ1) is 22.3. The fraction of sp³-hybridized carbons (Fsp3) is 0. The molecule has 3 heterocycles. The van der Waals surface area contributed by atoms with Gasteiger partial charge in [-0.25, -0.2) is 0 Å². The topological polar surface area (TPSA) is 9.86 Å². The van der Waals surface area contributed by atoms with E-state index in [0.29, 0.717) is 0 Å². The van der Waals surface area contributed by atoms with Crippen molar-refractivity contribution in [1.82, 2.24) is 9.13 Å². The Hall–Kier alpha value is -5.64. The Balaban J connectivity index is 1.27. The van der Waals surface area contributed by atoms with Crippen LogP contribution in [0, 0.1) is 0 Å². The van der Waals surface area contributed by atoms with Gasteiger partial charge in [0.25, 0.3) is 0 Å². The second kappa shape index (κ2) is 9.43. The van der Waals surface area contributed by atoms with Crippen molar-refractivity contribution < 1.29 is 0 Å². The lowest BCUT2D eigenvalue weighted by Gasteiger charge is -2.11. The molecule has 210 valence electrons. The van der Waals surface area contributed by atoms with Crippen LogP contribution in [-0.2, 0) is 0 Å². The van der Waals surface area contributed by atoms with Gasteiger partial charge in [-0.1, -0.05) is 103 Å². The fourth-order valence-corrected chi connectivity index (χ4v) is 8.63. The number of rotatable bonds is 3. The zero-order valence-corrected chi connectivity index (χ0v) is 25.1. The SMILES string of the molecule is c1ccc(-n2c3ccccc3c3cc(-c4cccc5c4c4ccccc4n5-c4cccc5c4sc4ccccc45)ccc32)cc1. The van der Waals surface area contributed by atoms with E-state index in [2.05, 4.69) is 167 Å². The van der Waals surface area contributed by atoms with Gasteiger partial charge in [0.05, 0.1) is 32.5 Å². The van der Waals surface area contributed by atoms with Gasteiger partial charge in [0.15, 0.2) is 0 Å². The molecule has 0 N–H and O–H groups in total. The second-order valence-electron chi connectivity index (χ2n) is 11.7. The highest BCUT2D eigenvalue weighted by Crippen LogP contribution is 2.44. The lowest BCUT2D eigenvalue weighted by atomic mass is 9.98. The Labute approximate surface area is 263 Å². The number of benzene rings is 7. The highest BCUT2D eigenvalue weighted by molar-refractivity contribution is 7.26. The van der Waals surface area contributed by atoms with Crippen molar-refractivity contribution in [2.45, 2.75) is 0 Å². The normalized spacial score (nSPS) is 12.0. The molecule has 0 saturated carbocycles. The Kier molecular flexibility index (Phi) is 5.19. The van der Waals surface area contributed by atoms with Crippen LogP contribution < -0.4 is 0 Å². The van der Waals surface area contributed by atoms with E-state index in [1.54, 1.807) is 0 Å². The van der Waals surface area contributed by atoms with Crippen LogP contribution in [0.2, 0.25) is 0 Å². The molecule has 10 aromatic rings. The minimum absolute atomic E-state index is 1.18. The van der Waals surface area contributed by atoms with Crippen molar-refractivity contribution in [2.75, 3.05) is 0 Å². The van der Waals surface area contributed by atoms with Gasteiger partial charge >= 0.3 is 0 Å². The van der Waals surface area contributed by atoms with Crippen LogP contribution in [0.5, 0.6) is 0 Å². The molecule has 3 heteroatoms. The van der Waals surface area contributed by atoms with E-state index in [9.17, 15) is 0 Å². The molecule has 0 amide bonds. The van der Waals surface area contributed by atoms with Crippen LogP contribution >= 0.6 is 11.3 Å². The molecule has 0 spiro atoms. The Morgan fingerprint density at radius 1 is 0.400 bits per heavy atom. The van der Waals surface area contributed by atoms with Crippen molar-refractivity contribution in [3.63, 3.8) is 0 Å². The maximum absolute atomic E-state index is 2.48. The molecule has 0 aliphatic rings. The predicted molar refractivity (Wildman–Crippen MR) is 193 cm³/mol.